The van der Waals surface area contributed by atoms with Gasteiger partial charge in [-0.2, -0.15) is 0 Å². The van der Waals surface area contributed by atoms with E-state index in [9.17, 15) is 14.9 Å². The molecule has 0 spiro atoms. The molecule has 1 fully saturated rings. The van der Waals surface area contributed by atoms with Crippen molar-refractivity contribution in [2.75, 3.05) is 23.3 Å². The lowest BCUT2D eigenvalue weighted by Crippen LogP contribution is -2.39. The summed E-state index contributed by atoms with van der Waals surface area (Å²) < 4.78 is 0. The molecule has 8 heteroatoms. The maximum Gasteiger partial charge on any atom is 0.319 e. The highest BCUT2D eigenvalue weighted by Crippen LogP contribution is 2.21. The average Bonchev–Trinajstić information content (AvgIpc) is 3.05. The molecule has 2 heterocycles. The number of nitrogens with one attached hydrogen (secondary N) is 2. The summed E-state index contributed by atoms with van der Waals surface area (Å²) in [4.78, 5) is 28.9. The molecular weight excluding hydrogens is 322 g/mol. The van der Waals surface area contributed by atoms with Gasteiger partial charge in [0.05, 0.1) is 4.92 Å². The number of benzene rings is 1. The number of nitro benzene ring substituents is 1. The van der Waals surface area contributed by atoms with Crippen LogP contribution in [0.4, 0.5) is 22.0 Å². The lowest BCUT2D eigenvalue weighted by Gasteiger charge is -2.18. The number of rotatable bonds is 4. The first-order valence-electron chi connectivity index (χ1n) is 8.01. The maximum absolute atomic E-state index is 12.2. The zero-order chi connectivity index (χ0) is 17.8. The summed E-state index contributed by atoms with van der Waals surface area (Å²) in [7, 11) is 0. The van der Waals surface area contributed by atoms with Crippen LogP contribution in [0, 0.1) is 17.0 Å². The van der Waals surface area contributed by atoms with E-state index in [0.29, 0.717) is 17.8 Å². The number of hydrogen-bond acceptors (Lipinski definition) is 5. The van der Waals surface area contributed by atoms with Gasteiger partial charge in [0.15, 0.2) is 0 Å². The molecule has 1 aromatic heterocycles. The van der Waals surface area contributed by atoms with Gasteiger partial charge in [0.25, 0.3) is 5.69 Å². The Hall–Kier alpha value is -3.16. The monoisotopic (exact) mass is 341 g/mol. The predicted molar refractivity (Wildman–Crippen MR) is 94.8 cm³/mol. The standard InChI is InChI=1S/C17H19N5O3/c1-12-10-14(22(24)25)5-6-15(12)20-17(23)19-13-7-9-21(11-13)16-4-2-3-8-18-16/h2-6,8,10,13H,7,9,11H2,1H3,(H2,19,20,23). The third kappa shape index (κ3) is 4.03. The molecule has 1 saturated heterocycles. The quantitative estimate of drug-likeness (QED) is 0.658. The fraction of sp³-hybridized carbons (Fsp3) is 0.294. The van der Waals surface area contributed by atoms with Gasteiger partial charge < -0.3 is 15.5 Å². The minimum atomic E-state index is -0.457. The molecule has 1 aliphatic rings. The fourth-order valence-electron chi connectivity index (χ4n) is 2.87. The second-order valence-corrected chi connectivity index (χ2v) is 5.97. The van der Waals surface area contributed by atoms with Crippen LogP contribution in [-0.2, 0) is 0 Å². The van der Waals surface area contributed by atoms with E-state index in [0.717, 1.165) is 18.8 Å². The number of aromatic nitrogens is 1. The first kappa shape index (κ1) is 16.7. The Morgan fingerprint density at radius 1 is 1.36 bits per heavy atom. The van der Waals surface area contributed by atoms with Gasteiger partial charge in [-0.25, -0.2) is 9.78 Å². The van der Waals surface area contributed by atoms with E-state index < -0.39 is 4.92 Å². The van der Waals surface area contributed by atoms with E-state index in [1.165, 1.54) is 12.1 Å². The Labute approximate surface area is 145 Å². The number of non-ortho nitro benzene ring substituents is 1. The second kappa shape index (κ2) is 7.16. The molecule has 2 N–H and O–H groups in total. The molecule has 0 saturated carbocycles. The Morgan fingerprint density at radius 3 is 2.88 bits per heavy atom. The molecule has 2 aromatic rings. The molecule has 0 bridgehead atoms. The van der Waals surface area contributed by atoms with Crippen LogP contribution in [0.15, 0.2) is 42.6 Å². The van der Waals surface area contributed by atoms with Crippen LogP contribution in [0.25, 0.3) is 0 Å². The van der Waals surface area contributed by atoms with Crippen LogP contribution in [0.1, 0.15) is 12.0 Å². The average molecular weight is 341 g/mol. The molecule has 8 nitrogen and oxygen atoms in total. The summed E-state index contributed by atoms with van der Waals surface area (Å²) >= 11 is 0. The van der Waals surface area contributed by atoms with Crippen molar-refractivity contribution >= 4 is 23.2 Å². The highest BCUT2D eigenvalue weighted by molar-refractivity contribution is 5.90. The van der Waals surface area contributed by atoms with Crippen molar-refractivity contribution in [3.63, 3.8) is 0 Å². The van der Waals surface area contributed by atoms with Gasteiger partial charge in [-0.05, 0) is 37.1 Å². The van der Waals surface area contributed by atoms with E-state index in [1.807, 2.05) is 18.2 Å². The molecule has 130 valence electrons. The number of aryl methyl sites for hydroxylation is 1. The van der Waals surface area contributed by atoms with E-state index in [2.05, 4.69) is 20.5 Å². The Morgan fingerprint density at radius 2 is 2.20 bits per heavy atom. The zero-order valence-corrected chi connectivity index (χ0v) is 13.8. The molecule has 1 aliphatic heterocycles. The van der Waals surface area contributed by atoms with Gasteiger partial charge in [0, 0.05) is 43.1 Å². The van der Waals surface area contributed by atoms with Gasteiger partial charge in [-0.1, -0.05) is 6.07 Å². The summed E-state index contributed by atoms with van der Waals surface area (Å²) in [5.41, 5.74) is 1.21. The largest absolute Gasteiger partial charge is 0.354 e. The lowest BCUT2D eigenvalue weighted by molar-refractivity contribution is -0.384. The van der Waals surface area contributed by atoms with Crippen molar-refractivity contribution in [3.05, 3.63) is 58.3 Å². The molecule has 1 atom stereocenters. The van der Waals surface area contributed by atoms with Crippen LogP contribution in [0.5, 0.6) is 0 Å². The van der Waals surface area contributed by atoms with Gasteiger partial charge in [0.1, 0.15) is 5.82 Å². The molecular formula is C17H19N5O3. The van der Waals surface area contributed by atoms with E-state index in [-0.39, 0.29) is 17.8 Å². The van der Waals surface area contributed by atoms with E-state index in [4.69, 9.17) is 0 Å². The van der Waals surface area contributed by atoms with Gasteiger partial charge in [-0.3, -0.25) is 10.1 Å². The first-order chi connectivity index (χ1) is 12.0. The van der Waals surface area contributed by atoms with Crippen molar-refractivity contribution in [3.8, 4) is 0 Å². The third-order valence-electron chi connectivity index (χ3n) is 4.17. The summed E-state index contributed by atoms with van der Waals surface area (Å²) in [6.07, 6.45) is 2.59. The minimum absolute atomic E-state index is 0.00486. The predicted octanol–water partition coefficient (Wildman–Crippen LogP) is 2.70. The second-order valence-electron chi connectivity index (χ2n) is 5.97. The highest BCUT2D eigenvalue weighted by atomic mass is 16.6. The Bertz CT molecular complexity index is 781. The molecule has 0 radical (unpaired) electrons. The van der Waals surface area contributed by atoms with E-state index in [1.54, 1.807) is 19.2 Å². The van der Waals surface area contributed by atoms with Crippen molar-refractivity contribution in [1.82, 2.24) is 10.3 Å². The first-order valence-corrected chi connectivity index (χ1v) is 8.01. The van der Waals surface area contributed by atoms with Crippen LogP contribution < -0.4 is 15.5 Å². The number of carbonyl (C=O) groups excluding carboxylic acids is 1. The van der Waals surface area contributed by atoms with Crippen LogP contribution in [0.2, 0.25) is 0 Å². The van der Waals surface area contributed by atoms with Gasteiger partial charge in [-0.15, -0.1) is 0 Å². The number of carbonyl (C=O) groups is 1. The summed E-state index contributed by atoms with van der Waals surface area (Å²) in [5.74, 6) is 0.901. The highest BCUT2D eigenvalue weighted by Gasteiger charge is 2.24. The zero-order valence-electron chi connectivity index (χ0n) is 13.8. The normalized spacial score (nSPS) is 16.5. The van der Waals surface area contributed by atoms with Crippen molar-refractivity contribution < 1.29 is 9.72 Å². The molecule has 1 unspecified atom stereocenters. The van der Waals surface area contributed by atoms with Crippen molar-refractivity contribution in [1.29, 1.82) is 0 Å². The van der Waals surface area contributed by atoms with Crippen LogP contribution in [-0.4, -0.2) is 35.1 Å². The Balaban J connectivity index is 1.56. The smallest absolute Gasteiger partial charge is 0.319 e. The van der Waals surface area contributed by atoms with E-state index >= 15 is 0 Å². The molecule has 25 heavy (non-hydrogen) atoms. The molecule has 1 aromatic carbocycles. The minimum Gasteiger partial charge on any atom is -0.354 e. The fourth-order valence-corrected chi connectivity index (χ4v) is 2.87. The van der Waals surface area contributed by atoms with Crippen LogP contribution >= 0.6 is 0 Å². The number of hydrogen-bond donors (Lipinski definition) is 2. The third-order valence-corrected chi connectivity index (χ3v) is 4.17. The van der Waals surface area contributed by atoms with Crippen LogP contribution in [0.3, 0.4) is 0 Å². The number of pyridine rings is 1. The van der Waals surface area contributed by atoms with Gasteiger partial charge >= 0.3 is 6.03 Å². The van der Waals surface area contributed by atoms with Crippen molar-refractivity contribution in [2.24, 2.45) is 0 Å². The number of urea groups is 1. The lowest BCUT2D eigenvalue weighted by atomic mass is 10.2. The number of nitro groups is 1. The summed E-state index contributed by atoms with van der Waals surface area (Å²) in [6.45, 7) is 3.25. The number of amides is 2. The topological polar surface area (TPSA) is 100 Å². The maximum atomic E-state index is 12.2. The summed E-state index contributed by atoms with van der Waals surface area (Å²) in [5, 5.41) is 16.5. The number of nitrogens with zero attached hydrogens (tertiary/aromatic N) is 3. The summed E-state index contributed by atoms with van der Waals surface area (Å²) in [6, 6.07) is 9.83. The van der Waals surface area contributed by atoms with Gasteiger partial charge in [0.2, 0.25) is 0 Å². The molecule has 3 rings (SSSR count). The molecule has 0 aliphatic carbocycles. The number of anilines is 2. The molecule has 2 amide bonds. The SMILES string of the molecule is Cc1cc([N+](=O)[O-])ccc1NC(=O)NC1CCN(c2ccccn2)C1. The van der Waals surface area contributed by atoms with Crippen molar-refractivity contribution in [2.45, 2.75) is 19.4 Å². The Kier molecular flexibility index (Phi) is 4.78.